The number of carbonyl (C=O) groups excluding carboxylic acids is 1. The Bertz CT molecular complexity index is 844. The number of aromatic carboxylic acids is 1. The van der Waals surface area contributed by atoms with E-state index in [0.29, 0.717) is 11.8 Å². The number of carboxylic acid groups (broad SMARTS) is 1. The van der Waals surface area contributed by atoms with E-state index in [9.17, 15) is 19.1 Å². The minimum absolute atomic E-state index is 0.124. The highest BCUT2D eigenvalue weighted by atomic mass is 19.1. The number of benzene rings is 2. The molecule has 0 saturated heterocycles. The molecule has 0 aliphatic rings. The zero-order valence-electron chi connectivity index (χ0n) is 15.8. The van der Waals surface area contributed by atoms with E-state index in [0.717, 1.165) is 0 Å². The quantitative estimate of drug-likeness (QED) is 0.781. The molecule has 0 aliphatic heterocycles. The van der Waals surface area contributed by atoms with E-state index in [1.165, 1.54) is 18.2 Å². The minimum Gasteiger partial charge on any atom is -0.488 e. The minimum atomic E-state index is -1.22. The number of carboxylic acids is 1. The molecule has 1 unspecified atom stereocenters. The first kappa shape index (κ1) is 20.5. The number of carbonyl (C=O) groups is 2. The van der Waals surface area contributed by atoms with E-state index < -0.39 is 29.6 Å². The van der Waals surface area contributed by atoms with Gasteiger partial charge in [-0.25, -0.2) is 14.0 Å². The summed E-state index contributed by atoms with van der Waals surface area (Å²) in [6.45, 7) is 7.27. The van der Waals surface area contributed by atoms with Gasteiger partial charge < -0.3 is 19.9 Å². The Morgan fingerprint density at radius 1 is 1.26 bits per heavy atom. The number of alkyl carbamates (subject to hydrolysis) is 1. The predicted molar refractivity (Wildman–Crippen MR) is 99.8 cm³/mol. The third kappa shape index (κ3) is 5.57. The molecule has 0 saturated carbocycles. The van der Waals surface area contributed by atoms with Crippen molar-refractivity contribution in [3.8, 4) is 5.75 Å². The van der Waals surface area contributed by atoms with Crippen molar-refractivity contribution < 1.29 is 28.6 Å². The molecule has 2 rings (SSSR count). The lowest BCUT2D eigenvalue weighted by molar-refractivity contribution is 0.0496. The van der Waals surface area contributed by atoms with Crippen LogP contribution in [0.2, 0.25) is 0 Å². The predicted octanol–water partition coefficient (Wildman–Crippen LogP) is 4.36. The normalized spacial score (nSPS) is 12.5. The van der Waals surface area contributed by atoms with Crippen LogP contribution in [0.1, 0.15) is 44.5 Å². The molecule has 7 heteroatoms. The van der Waals surface area contributed by atoms with E-state index in [2.05, 4.69) is 5.32 Å². The standard InChI is InChI=1S/C20H24FNO5/c1-5-13(11-22-19(25)27-20(2,3)4)26-17-9-12-7-6-8-16(21)14(12)10-15(17)18(23)24/h6-10,13H,5,11H2,1-4H3,(H,22,25)(H,23,24). The Kier molecular flexibility index (Phi) is 6.25. The summed E-state index contributed by atoms with van der Waals surface area (Å²) in [5.74, 6) is -1.59. The summed E-state index contributed by atoms with van der Waals surface area (Å²) in [5.41, 5.74) is -0.755. The fraction of sp³-hybridized carbons (Fsp3) is 0.400. The highest BCUT2D eigenvalue weighted by Crippen LogP contribution is 2.29. The molecule has 2 aromatic rings. The van der Waals surface area contributed by atoms with Crippen molar-refractivity contribution >= 4 is 22.8 Å². The van der Waals surface area contributed by atoms with Crippen LogP contribution in [0.5, 0.6) is 5.75 Å². The summed E-state index contributed by atoms with van der Waals surface area (Å²) in [5, 5.41) is 12.8. The maximum Gasteiger partial charge on any atom is 0.407 e. The van der Waals surface area contributed by atoms with Gasteiger partial charge in [-0.05, 0) is 50.8 Å². The van der Waals surface area contributed by atoms with Crippen LogP contribution in [-0.2, 0) is 4.74 Å². The molecule has 6 nitrogen and oxygen atoms in total. The third-order valence-electron chi connectivity index (χ3n) is 3.78. The Morgan fingerprint density at radius 3 is 2.56 bits per heavy atom. The Balaban J connectivity index is 2.20. The monoisotopic (exact) mass is 377 g/mol. The second-order valence-electron chi connectivity index (χ2n) is 7.15. The molecule has 0 heterocycles. The average Bonchev–Trinajstić information content (AvgIpc) is 2.56. The van der Waals surface area contributed by atoms with E-state index in [1.54, 1.807) is 32.9 Å². The molecule has 1 amide bonds. The first-order valence-electron chi connectivity index (χ1n) is 8.69. The second kappa shape index (κ2) is 8.24. The fourth-order valence-corrected chi connectivity index (χ4v) is 2.49. The number of amides is 1. The summed E-state index contributed by atoms with van der Waals surface area (Å²) in [6, 6.07) is 7.25. The molecule has 0 radical (unpaired) electrons. The van der Waals surface area contributed by atoms with Crippen molar-refractivity contribution in [3.63, 3.8) is 0 Å². The van der Waals surface area contributed by atoms with Gasteiger partial charge in [-0.1, -0.05) is 19.1 Å². The summed E-state index contributed by atoms with van der Waals surface area (Å²) in [4.78, 5) is 23.4. The van der Waals surface area contributed by atoms with Crippen LogP contribution in [-0.4, -0.2) is 35.4 Å². The first-order chi connectivity index (χ1) is 12.6. The maximum absolute atomic E-state index is 13.9. The highest BCUT2D eigenvalue weighted by molar-refractivity contribution is 5.97. The highest BCUT2D eigenvalue weighted by Gasteiger charge is 2.20. The first-order valence-corrected chi connectivity index (χ1v) is 8.69. The van der Waals surface area contributed by atoms with Crippen molar-refractivity contribution in [2.75, 3.05) is 6.54 Å². The second-order valence-corrected chi connectivity index (χ2v) is 7.15. The average molecular weight is 377 g/mol. The van der Waals surface area contributed by atoms with Crippen LogP contribution < -0.4 is 10.1 Å². The molecule has 0 aromatic heterocycles. The lowest BCUT2D eigenvalue weighted by Crippen LogP contribution is -2.38. The summed E-state index contributed by atoms with van der Waals surface area (Å²) in [7, 11) is 0. The number of rotatable bonds is 6. The van der Waals surface area contributed by atoms with Crippen molar-refractivity contribution in [1.82, 2.24) is 5.32 Å². The van der Waals surface area contributed by atoms with E-state index in [-0.39, 0.29) is 23.2 Å². The molecular weight excluding hydrogens is 353 g/mol. The van der Waals surface area contributed by atoms with Crippen molar-refractivity contribution in [2.45, 2.75) is 45.8 Å². The number of fused-ring (bicyclic) bond motifs is 1. The number of hydrogen-bond donors (Lipinski definition) is 2. The Labute approximate surface area is 157 Å². The van der Waals surface area contributed by atoms with Gasteiger partial charge in [0.25, 0.3) is 0 Å². The van der Waals surface area contributed by atoms with Gasteiger partial charge in [0.05, 0.1) is 6.54 Å². The van der Waals surface area contributed by atoms with Crippen molar-refractivity contribution in [3.05, 3.63) is 41.7 Å². The van der Waals surface area contributed by atoms with Gasteiger partial charge >= 0.3 is 12.1 Å². The topological polar surface area (TPSA) is 84.9 Å². The van der Waals surface area contributed by atoms with Gasteiger partial charge in [0, 0.05) is 5.39 Å². The van der Waals surface area contributed by atoms with Crippen LogP contribution in [0.4, 0.5) is 9.18 Å². The van der Waals surface area contributed by atoms with Gasteiger partial charge in [0.15, 0.2) is 0 Å². The lowest BCUT2D eigenvalue weighted by Gasteiger charge is -2.23. The smallest absolute Gasteiger partial charge is 0.407 e. The SMILES string of the molecule is CCC(CNC(=O)OC(C)(C)C)Oc1cc2cccc(F)c2cc1C(=O)O. The van der Waals surface area contributed by atoms with Crippen molar-refractivity contribution in [1.29, 1.82) is 0 Å². The van der Waals surface area contributed by atoms with E-state index in [4.69, 9.17) is 9.47 Å². The zero-order valence-corrected chi connectivity index (χ0v) is 15.8. The molecule has 146 valence electrons. The summed E-state index contributed by atoms with van der Waals surface area (Å²) < 4.78 is 24.9. The summed E-state index contributed by atoms with van der Waals surface area (Å²) in [6.07, 6.45) is -0.527. The molecule has 0 spiro atoms. The molecule has 0 aliphatic carbocycles. The Hall–Kier alpha value is -2.83. The van der Waals surface area contributed by atoms with Gasteiger partial charge in [-0.3, -0.25) is 0 Å². The molecule has 0 bridgehead atoms. The number of ether oxygens (including phenoxy) is 2. The van der Waals surface area contributed by atoms with Gasteiger partial charge in [-0.2, -0.15) is 0 Å². The maximum atomic E-state index is 13.9. The number of nitrogens with one attached hydrogen (secondary N) is 1. The van der Waals surface area contributed by atoms with Crippen molar-refractivity contribution in [2.24, 2.45) is 0 Å². The Morgan fingerprint density at radius 2 is 1.96 bits per heavy atom. The molecule has 0 fully saturated rings. The van der Waals surface area contributed by atoms with Gasteiger partial charge in [0.2, 0.25) is 0 Å². The molecule has 1 atom stereocenters. The van der Waals surface area contributed by atoms with Crippen LogP contribution >= 0.6 is 0 Å². The van der Waals surface area contributed by atoms with Crippen LogP contribution in [0.3, 0.4) is 0 Å². The lowest BCUT2D eigenvalue weighted by atomic mass is 10.1. The van der Waals surface area contributed by atoms with Crippen LogP contribution in [0.15, 0.2) is 30.3 Å². The van der Waals surface area contributed by atoms with Crippen LogP contribution in [0, 0.1) is 5.82 Å². The molecule has 2 aromatic carbocycles. The fourth-order valence-electron chi connectivity index (χ4n) is 2.49. The van der Waals surface area contributed by atoms with Crippen LogP contribution in [0.25, 0.3) is 10.8 Å². The zero-order chi connectivity index (χ0) is 20.2. The van der Waals surface area contributed by atoms with Gasteiger partial charge in [0.1, 0.15) is 28.8 Å². The van der Waals surface area contributed by atoms with E-state index in [1.807, 2.05) is 6.92 Å². The number of hydrogen-bond acceptors (Lipinski definition) is 4. The number of halogens is 1. The summed E-state index contributed by atoms with van der Waals surface area (Å²) >= 11 is 0. The molecule has 2 N–H and O–H groups in total. The largest absolute Gasteiger partial charge is 0.488 e. The molecule has 27 heavy (non-hydrogen) atoms. The third-order valence-corrected chi connectivity index (χ3v) is 3.78. The van der Waals surface area contributed by atoms with E-state index >= 15 is 0 Å². The molecular formula is C20H24FNO5. The van der Waals surface area contributed by atoms with Gasteiger partial charge in [-0.15, -0.1) is 0 Å².